The van der Waals surface area contributed by atoms with Crippen LogP contribution in [0.4, 0.5) is 10.5 Å². The lowest BCUT2D eigenvalue weighted by Crippen LogP contribution is -2.28. The molecular weight excluding hydrogens is 412 g/mol. The normalized spacial score (nSPS) is 11.1. The largest absolute Gasteiger partial charge is 0.334 e. The maximum Gasteiger partial charge on any atom is 0.319 e. The molecule has 150 valence electrons. The van der Waals surface area contributed by atoms with Gasteiger partial charge in [-0.05, 0) is 53.6 Å². The van der Waals surface area contributed by atoms with Gasteiger partial charge >= 0.3 is 6.03 Å². The van der Waals surface area contributed by atoms with Crippen molar-refractivity contribution in [1.82, 2.24) is 15.0 Å². The molecule has 3 N–H and O–H groups in total. The number of hydrogen-bond acceptors (Lipinski definition) is 4. The minimum absolute atomic E-state index is 0.104. The summed E-state index contributed by atoms with van der Waals surface area (Å²) in [4.78, 5) is 16.0. The zero-order valence-electron chi connectivity index (χ0n) is 15.3. The number of carbonyl (C=O) groups excluding carboxylic acids is 1. The molecule has 7 nitrogen and oxygen atoms in total. The SMILES string of the molecule is O=C(NCc1cccnc1)Nc1ccc(S(=O)(=O)NCc2ccc(Cl)cc2)cc1. The van der Waals surface area contributed by atoms with Crippen LogP contribution < -0.4 is 15.4 Å². The molecule has 0 aliphatic rings. The Bertz CT molecular complexity index is 1060. The van der Waals surface area contributed by atoms with Crippen molar-refractivity contribution in [2.45, 2.75) is 18.0 Å². The van der Waals surface area contributed by atoms with E-state index in [9.17, 15) is 13.2 Å². The fourth-order valence-corrected chi connectivity index (χ4v) is 3.59. The van der Waals surface area contributed by atoms with Crippen molar-refractivity contribution in [1.29, 1.82) is 0 Å². The van der Waals surface area contributed by atoms with Crippen LogP contribution in [-0.2, 0) is 23.1 Å². The minimum atomic E-state index is -3.68. The molecule has 0 radical (unpaired) electrons. The van der Waals surface area contributed by atoms with Crippen molar-refractivity contribution in [2.75, 3.05) is 5.32 Å². The number of amides is 2. The molecule has 0 fully saturated rings. The molecule has 1 heterocycles. The number of benzene rings is 2. The highest BCUT2D eigenvalue weighted by molar-refractivity contribution is 7.89. The van der Waals surface area contributed by atoms with Gasteiger partial charge in [0.1, 0.15) is 0 Å². The van der Waals surface area contributed by atoms with Gasteiger partial charge in [-0.25, -0.2) is 17.9 Å². The lowest BCUT2D eigenvalue weighted by atomic mass is 10.2. The van der Waals surface area contributed by atoms with Crippen molar-refractivity contribution >= 4 is 33.3 Å². The first-order valence-electron chi connectivity index (χ1n) is 8.70. The Kier molecular flexibility index (Phi) is 6.82. The highest BCUT2D eigenvalue weighted by Crippen LogP contribution is 2.15. The van der Waals surface area contributed by atoms with E-state index >= 15 is 0 Å². The molecule has 2 amide bonds. The molecule has 0 atom stereocenters. The number of pyridine rings is 1. The Morgan fingerprint density at radius 1 is 0.931 bits per heavy atom. The number of rotatable bonds is 7. The summed E-state index contributed by atoms with van der Waals surface area (Å²) < 4.78 is 27.4. The van der Waals surface area contributed by atoms with Crippen LogP contribution in [0.3, 0.4) is 0 Å². The number of nitrogens with zero attached hydrogens (tertiary/aromatic N) is 1. The first-order chi connectivity index (χ1) is 13.9. The molecule has 0 aliphatic heterocycles. The smallest absolute Gasteiger partial charge is 0.319 e. The van der Waals surface area contributed by atoms with Gasteiger partial charge in [-0.2, -0.15) is 0 Å². The molecular formula is C20H19ClN4O3S. The van der Waals surface area contributed by atoms with Gasteiger partial charge < -0.3 is 10.6 Å². The standard InChI is InChI=1S/C20H19ClN4O3S/c21-17-5-3-15(4-6-17)14-24-29(27,28)19-9-7-18(8-10-19)25-20(26)23-13-16-2-1-11-22-12-16/h1-12,24H,13-14H2,(H2,23,25,26). The van der Waals surface area contributed by atoms with E-state index in [1.54, 1.807) is 42.7 Å². The third-order valence-electron chi connectivity index (χ3n) is 3.98. The average molecular weight is 431 g/mol. The first kappa shape index (κ1) is 20.8. The summed E-state index contributed by atoms with van der Waals surface area (Å²) in [7, 11) is -3.68. The molecule has 2 aromatic carbocycles. The predicted octanol–water partition coefficient (Wildman–Crippen LogP) is 3.54. The van der Waals surface area contributed by atoms with E-state index in [-0.39, 0.29) is 11.4 Å². The monoisotopic (exact) mass is 430 g/mol. The lowest BCUT2D eigenvalue weighted by Gasteiger charge is -2.10. The summed E-state index contributed by atoms with van der Waals surface area (Å²) in [5, 5.41) is 5.95. The number of nitrogens with one attached hydrogen (secondary N) is 3. The van der Waals surface area contributed by atoms with E-state index in [1.807, 2.05) is 6.07 Å². The molecule has 3 rings (SSSR count). The Hall–Kier alpha value is -2.94. The van der Waals surface area contributed by atoms with Crippen LogP contribution in [0.1, 0.15) is 11.1 Å². The number of carbonyl (C=O) groups is 1. The van der Waals surface area contributed by atoms with E-state index in [0.29, 0.717) is 17.3 Å². The second-order valence-corrected chi connectivity index (χ2v) is 8.35. The Balaban J connectivity index is 1.54. The third kappa shape index (κ3) is 6.28. The maximum atomic E-state index is 12.4. The van der Waals surface area contributed by atoms with E-state index in [0.717, 1.165) is 11.1 Å². The average Bonchev–Trinajstić information content (AvgIpc) is 2.73. The van der Waals surface area contributed by atoms with Crippen molar-refractivity contribution in [3.8, 4) is 0 Å². The molecule has 0 unspecified atom stereocenters. The minimum Gasteiger partial charge on any atom is -0.334 e. The van der Waals surface area contributed by atoms with Crippen LogP contribution in [0, 0.1) is 0 Å². The van der Waals surface area contributed by atoms with Gasteiger partial charge in [0.15, 0.2) is 0 Å². The second-order valence-electron chi connectivity index (χ2n) is 6.14. The van der Waals surface area contributed by atoms with Gasteiger partial charge in [0.25, 0.3) is 0 Å². The molecule has 0 bridgehead atoms. The number of anilines is 1. The number of aromatic nitrogens is 1. The Morgan fingerprint density at radius 2 is 1.66 bits per heavy atom. The van der Waals surface area contributed by atoms with E-state index < -0.39 is 16.1 Å². The molecule has 0 aliphatic carbocycles. The van der Waals surface area contributed by atoms with Crippen LogP contribution in [0.15, 0.2) is 78.0 Å². The predicted molar refractivity (Wildman–Crippen MR) is 112 cm³/mol. The lowest BCUT2D eigenvalue weighted by molar-refractivity contribution is 0.251. The molecule has 0 saturated heterocycles. The zero-order chi connectivity index (χ0) is 20.7. The van der Waals surface area contributed by atoms with Crippen LogP contribution in [0.5, 0.6) is 0 Å². The summed E-state index contributed by atoms with van der Waals surface area (Å²) in [6, 6.07) is 16.1. The van der Waals surface area contributed by atoms with Crippen molar-refractivity contribution in [3.63, 3.8) is 0 Å². The fraction of sp³-hybridized carbons (Fsp3) is 0.100. The van der Waals surface area contributed by atoms with Gasteiger partial charge in [-0.3, -0.25) is 4.98 Å². The van der Waals surface area contributed by atoms with E-state index in [4.69, 9.17) is 11.6 Å². The molecule has 0 saturated carbocycles. The van der Waals surface area contributed by atoms with Gasteiger partial charge in [-0.15, -0.1) is 0 Å². The maximum absolute atomic E-state index is 12.4. The highest BCUT2D eigenvalue weighted by atomic mass is 35.5. The van der Waals surface area contributed by atoms with Crippen molar-refractivity contribution in [2.24, 2.45) is 0 Å². The Labute approximate surface area is 174 Å². The molecule has 9 heteroatoms. The van der Waals surface area contributed by atoms with E-state index in [1.165, 1.54) is 24.3 Å². The number of sulfonamides is 1. The van der Waals surface area contributed by atoms with Gasteiger partial charge in [0, 0.05) is 36.2 Å². The first-order valence-corrected chi connectivity index (χ1v) is 10.6. The third-order valence-corrected chi connectivity index (χ3v) is 5.65. The summed E-state index contributed by atoms with van der Waals surface area (Å²) in [5.41, 5.74) is 2.14. The number of halogens is 1. The quantitative estimate of drug-likeness (QED) is 0.533. The molecule has 3 aromatic rings. The van der Waals surface area contributed by atoms with Gasteiger partial charge in [-0.1, -0.05) is 29.8 Å². The van der Waals surface area contributed by atoms with Crippen molar-refractivity contribution < 1.29 is 13.2 Å². The van der Waals surface area contributed by atoms with Crippen LogP contribution in [-0.4, -0.2) is 19.4 Å². The topological polar surface area (TPSA) is 100 Å². The second kappa shape index (κ2) is 9.51. The number of urea groups is 1. The van der Waals surface area contributed by atoms with Crippen molar-refractivity contribution in [3.05, 3.63) is 89.2 Å². The Morgan fingerprint density at radius 3 is 2.31 bits per heavy atom. The van der Waals surface area contributed by atoms with Crippen LogP contribution in [0.2, 0.25) is 5.02 Å². The summed E-state index contributed by atoms with van der Waals surface area (Å²) >= 11 is 5.82. The number of hydrogen-bond donors (Lipinski definition) is 3. The highest BCUT2D eigenvalue weighted by Gasteiger charge is 2.14. The van der Waals surface area contributed by atoms with Crippen LogP contribution in [0.25, 0.3) is 0 Å². The van der Waals surface area contributed by atoms with Gasteiger partial charge in [0.2, 0.25) is 10.0 Å². The van der Waals surface area contributed by atoms with Crippen LogP contribution >= 0.6 is 11.6 Å². The molecule has 29 heavy (non-hydrogen) atoms. The van der Waals surface area contributed by atoms with E-state index in [2.05, 4.69) is 20.3 Å². The summed E-state index contributed by atoms with van der Waals surface area (Å²) in [6.07, 6.45) is 3.32. The molecule has 0 spiro atoms. The zero-order valence-corrected chi connectivity index (χ0v) is 16.9. The fourth-order valence-electron chi connectivity index (χ4n) is 2.44. The molecule has 1 aromatic heterocycles. The summed E-state index contributed by atoms with van der Waals surface area (Å²) in [6.45, 7) is 0.483. The van der Waals surface area contributed by atoms with Gasteiger partial charge in [0.05, 0.1) is 4.90 Å². The summed E-state index contributed by atoms with van der Waals surface area (Å²) in [5.74, 6) is 0.